The van der Waals surface area contributed by atoms with Gasteiger partial charge in [-0.3, -0.25) is 19.6 Å². The number of benzene rings is 1. The number of nitrogens with one attached hydrogen (secondary N) is 2. The highest BCUT2D eigenvalue weighted by Crippen LogP contribution is 2.32. The van der Waals surface area contributed by atoms with E-state index in [-0.39, 0.29) is 23.7 Å². The molecule has 5 aromatic rings. The lowest BCUT2D eigenvalue weighted by Crippen LogP contribution is -2.48. The number of amides is 1. The first-order valence-corrected chi connectivity index (χ1v) is 17.0. The predicted molar refractivity (Wildman–Crippen MR) is 190 cm³/mol. The topological polar surface area (TPSA) is 151 Å². The first kappa shape index (κ1) is 33.2. The van der Waals surface area contributed by atoms with Crippen LogP contribution in [0.3, 0.4) is 0 Å². The zero-order valence-corrected chi connectivity index (χ0v) is 28.5. The largest absolute Gasteiger partial charge is 0.475 e. The number of hydrogen-bond acceptors (Lipinski definition) is 11. The number of Topliss-reactive ketones (excluding diaryl/α,β-unsaturated/α-hetero) is 1. The predicted octanol–water partition coefficient (Wildman–Crippen LogP) is 4.78. The van der Waals surface area contributed by atoms with E-state index in [1.807, 2.05) is 61.2 Å². The molecule has 2 fully saturated rings. The molecule has 13 nitrogen and oxygen atoms in total. The molecule has 7 rings (SSSR count). The molecule has 1 atom stereocenters. The van der Waals surface area contributed by atoms with Crippen molar-refractivity contribution in [3.05, 3.63) is 73.3 Å². The van der Waals surface area contributed by atoms with Crippen molar-refractivity contribution in [3.8, 4) is 28.5 Å². The lowest BCUT2D eigenvalue weighted by atomic mass is 9.92. The van der Waals surface area contributed by atoms with E-state index in [9.17, 15) is 9.59 Å². The number of ketones is 1. The summed E-state index contributed by atoms with van der Waals surface area (Å²) in [6, 6.07) is 15.1. The van der Waals surface area contributed by atoms with Crippen molar-refractivity contribution >= 4 is 34.1 Å². The second-order valence-electron chi connectivity index (χ2n) is 13.2. The van der Waals surface area contributed by atoms with Crippen LogP contribution in [-0.4, -0.2) is 98.3 Å². The van der Waals surface area contributed by atoms with Gasteiger partial charge in [-0.1, -0.05) is 0 Å². The Labute approximate surface area is 290 Å². The minimum atomic E-state index is -1.06. The molecular formula is C37H41N9O4. The summed E-state index contributed by atoms with van der Waals surface area (Å²) in [4.78, 5) is 49.0. The number of hydrogen-bond donors (Lipinski definition) is 2. The van der Waals surface area contributed by atoms with Crippen LogP contribution in [-0.2, 0) is 14.3 Å². The number of aromatic nitrogens is 6. The summed E-state index contributed by atoms with van der Waals surface area (Å²) < 4.78 is 11.5. The summed E-state index contributed by atoms with van der Waals surface area (Å²) in [6.45, 7) is 6.66. The van der Waals surface area contributed by atoms with E-state index >= 15 is 0 Å². The SMILES string of the molecule is CO[C@@]1(C(=O)Nc2ccc3[nH]nc(-c4ccc(OC(C)C)nc4)c3c2)CCN(CC(=O)C2CCN(c3ccc(-c4ncccn4)cn3)CC2)C1. The van der Waals surface area contributed by atoms with Crippen LogP contribution in [0.2, 0.25) is 0 Å². The van der Waals surface area contributed by atoms with Gasteiger partial charge in [-0.15, -0.1) is 0 Å². The van der Waals surface area contributed by atoms with Gasteiger partial charge in [-0.2, -0.15) is 5.10 Å². The molecule has 6 heterocycles. The van der Waals surface area contributed by atoms with Crippen molar-refractivity contribution in [2.45, 2.75) is 44.8 Å². The minimum Gasteiger partial charge on any atom is -0.475 e. The lowest BCUT2D eigenvalue weighted by Gasteiger charge is -2.33. The molecule has 2 aliphatic heterocycles. The van der Waals surface area contributed by atoms with Crippen molar-refractivity contribution in [1.82, 2.24) is 35.0 Å². The maximum absolute atomic E-state index is 13.7. The molecule has 0 aliphatic carbocycles. The van der Waals surface area contributed by atoms with Crippen LogP contribution in [0.25, 0.3) is 33.5 Å². The van der Waals surface area contributed by atoms with Gasteiger partial charge in [0.15, 0.2) is 11.4 Å². The monoisotopic (exact) mass is 675 g/mol. The van der Waals surface area contributed by atoms with E-state index < -0.39 is 5.60 Å². The van der Waals surface area contributed by atoms with Gasteiger partial charge in [0.25, 0.3) is 5.91 Å². The van der Waals surface area contributed by atoms with E-state index in [0.717, 1.165) is 59.5 Å². The van der Waals surface area contributed by atoms with E-state index in [0.29, 0.717) is 43.4 Å². The van der Waals surface area contributed by atoms with E-state index in [1.165, 1.54) is 0 Å². The number of aromatic amines is 1. The van der Waals surface area contributed by atoms with Crippen molar-refractivity contribution in [2.24, 2.45) is 5.92 Å². The van der Waals surface area contributed by atoms with Crippen molar-refractivity contribution < 1.29 is 19.1 Å². The van der Waals surface area contributed by atoms with Crippen molar-refractivity contribution in [1.29, 1.82) is 0 Å². The molecular weight excluding hydrogens is 634 g/mol. The third-order valence-corrected chi connectivity index (χ3v) is 9.53. The molecule has 4 aromatic heterocycles. The van der Waals surface area contributed by atoms with E-state index in [4.69, 9.17) is 9.47 Å². The zero-order chi connectivity index (χ0) is 34.7. The van der Waals surface area contributed by atoms with Crippen LogP contribution in [0.1, 0.15) is 33.1 Å². The summed E-state index contributed by atoms with van der Waals surface area (Å²) in [5.41, 5.74) is 2.84. The molecule has 1 amide bonds. The maximum atomic E-state index is 13.7. The Morgan fingerprint density at radius 1 is 0.980 bits per heavy atom. The highest BCUT2D eigenvalue weighted by Gasteiger charge is 2.45. The van der Waals surface area contributed by atoms with Gasteiger partial charge in [-0.25, -0.2) is 19.9 Å². The molecule has 2 saturated heterocycles. The van der Waals surface area contributed by atoms with Crippen molar-refractivity contribution in [3.63, 3.8) is 0 Å². The average Bonchev–Trinajstić information content (AvgIpc) is 3.77. The highest BCUT2D eigenvalue weighted by atomic mass is 16.5. The Morgan fingerprint density at radius 3 is 2.46 bits per heavy atom. The van der Waals surface area contributed by atoms with Gasteiger partial charge >= 0.3 is 0 Å². The first-order chi connectivity index (χ1) is 24.3. The number of methoxy groups -OCH3 is 1. The van der Waals surface area contributed by atoms with Gasteiger partial charge < -0.3 is 19.7 Å². The second kappa shape index (κ2) is 14.3. The number of likely N-dealkylation sites (tertiary alicyclic amines) is 1. The summed E-state index contributed by atoms with van der Waals surface area (Å²) in [6.07, 6.45) is 9.00. The summed E-state index contributed by atoms with van der Waals surface area (Å²) in [5, 5.41) is 11.5. The van der Waals surface area contributed by atoms with Crippen LogP contribution < -0.4 is 15.0 Å². The Bertz CT molecular complexity index is 1940. The number of piperidine rings is 1. The number of anilines is 2. The van der Waals surface area contributed by atoms with Gasteiger partial charge in [0, 0.05) is 92.3 Å². The van der Waals surface area contributed by atoms with Crippen LogP contribution in [0.5, 0.6) is 5.88 Å². The second-order valence-corrected chi connectivity index (χ2v) is 13.2. The van der Waals surface area contributed by atoms with Crippen LogP contribution in [0.15, 0.2) is 73.3 Å². The molecule has 0 saturated carbocycles. The average molecular weight is 676 g/mol. The molecule has 2 N–H and O–H groups in total. The summed E-state index contributed by atoms with van der Waals surface area (Å²) in [7, 11) is 1.56. The number of carbonyl (C=O) groups excluding carboxylic acids is 2. The number of H-pyrrole nitrogens is 1. The molecule has 0 radical (unpaired) electrons. The molecule has 2 aliphatic rings. The maximum Gasteiger partial charge on any atom is 0.258 e. The highest BCUT2D eigenvalue weighted by molar-refractivity contribution is 6.01. The third kappa shape index (κ3) is 7.05. The Kier molecular flexibility index (Phi) is 9.50. The number of fused-ring (bicyclic) bond motifs is 1. The first-order valence-electron chi connectivity index (χ1n) is 17.0. The van der Waals surface area contributed by atoms with Crippen molar-refractivity contribution in [2.75, 3.05) is 50.1 Å². The van der Waals surface area contributed by atoms with Gasteiger partial charge in [-0.05, 0) is 75.6 Å². The number of pyridine rings is 2. The fourth-order valence-corrected chi connectivity index (χ4v) is 6.76. The quantitative estimate of drug-likeness (QED) is 0.199. The van der Waals surface area contributed by atoms with E-state index in [2.05, 4.69) is 40.3 Å². The fraction of sp³-hybridized carbons (Fsp3) is 0.378. The Hall–Kier alpha value is -5.27. The van der Waals surface area contributed by atoms with Gasteiger partial charge in [0.1, 0.15) is 17.3 Å². The molecule has 13 heteroatoms. The Morgan fingerprint density at radius 2 is 1.76 bits per heavy atom. The number of rotatable bonds is 11. The van der Waals surface area contributed by atoms with E-state index in [1.54, 1.807) is 38.0 Å². The molecule has 0 spiro atoms. The fourth-order valence-electron chi connectivity index (χ4n) is 6.76. The molecule has 0 bridgehead atoms. The smallest absolute Gasteiger partial charge is 0.258 e. The summed E-state index contributed by atoms with van der Waals surface area (Å²) >= 11 is 0. The molecule has 50 heavy (non-hydrogen) atoms. The van der Waals surface area contributed by atoms with Gasteiger partial charge in [0.05, 0.1) is 18.2 Å². The number of ether oxygens (including phenoxy) is 2. The number of carbonyl (C=O) groups is 2. The molecule has 0 unspecified atom stereocenters. The Balaban J connectivity index is 0.936. The van der Waals surface area contributed by atoms with Gasteiger partial charge in [0.2, 0.25) is 5.88 Å². The number of nitrogens with zero attached hydrogens (tertiary/aromatic N) is 7. The zero-order valence-electron chi connectivity index (χ0n) is 28.5. The summed E-state index contributed by atoms with van der Waals surface area (Å²) in [5.74, 6) is 2.02. The normalized spacial score (nSPS) is 18.5. The van der Waals surface area contributed by atoms with Crippen LogP contribution >= 0.6 is 0 Å². The van der Waals surface area contributed by atoms with Crippen LogP contribution in [0.4, 0.5) is 11.5 Å². The molecule has 1 aromatic carbocycles. The molecule has 258 valence electrons. The third-order valence-electron chi connectivity index (χ3n) is 9.53. The minimum absolute atomic E-state index is 0.0281. The van der Waals surface area contributed by atoms with Crippen LogP contribution in [0, 0.1) is 5.92 Å². The lowest BCUT2D eigenvalue weighted by molar-refractivity contribution is -0.137. The standard InChI is InChI=1S/C37H41N9O4/c1-24(2)50-33-10-6-26(20-41-33)34-29-19-28(7-8-30(29)43-44-34)42-36(48)37(49-3)13-18-45(23-37)22-31(47)25-11-16-46(17-12-25)32-9-5-27(21-40-32)35-38-14-4-15-39-35/h4-10,14-15,19-21,24-25H,11-13,16-18,22-23H2,1-3H3,(H,42,48)(H,43,44)/t37-/m0/s1.